The van der Waals surface area contributed by atoms with Crippen molar-refractivity contribution in [1.82, 2.24) is 4.90 Å². The summed E-state index contributed by atoms with van der Waals surface area (Å²) in [7, 11) is 3.25. The number of hydrogen-bond acceptors (Lipinski definition) is 4. The second-order valence-electron chi connectivity index (χ2n) is 4.01. The average molecular weight is 218 g/mol. The number of esters is 1. The third kappa shape index (κ3) is 4.53. The molecular weight excluding hydrogens is 200 g/mol. The molecule has 5 heteroatoms. The fraction of sp³-hybridized carbons (Fsp3) is 0.778. The van der Waals surface area contributed by atoms with E-state index in [1.807, 2.05) is 25.8 Å². The van der Waals surface area contributed by atoms with Gasteiger partial charge in [-0.05, 0) is 20.9 Å². The molecule has 0 aromatic carbocycles. The Balaban J connectivity index is 4.21. The van der Waals surface area contributed by atoms with Crippen molar-refractivity contribution in [2.75, 3.05) is 27.2 Å². The fourth-order valence-electron chi connectivity index (χ4n) is 1.34. The Morgan fingerprint density at radius 3 is 2.43 bits per heavy atom. The van der Waals surface area contributed by atoms with E-state index in [4.69, 9.17) is 22.7 Å². The molecule has 82 valence electrons. The van der Waals surface area contributed by atoms with Crippen LogP contribution in [-0.4, -0.2) is 43.1 Å². The van der Waals surface area contributed by atoms with Gasteiger partial charge >= 0.3 is 5.97 Å². The maximum atomic E-state index is 11.3. The van der Waals surface area contributed by atoms with Crippen LogP contribution < -0.4 is 5.73 Å². The predicted molar refractivity (Wildman–Crippen MR) is 60.1 cm³/mol. The molecule has 0 aromatic heterocycles. The topological polar surface area (TPSA) is 55.6 Å². The second kappa shape index (κ2) is 5.26. The Labute approximate surface area is 90.4 Å². The molecule has 0 aliphatic rings. The maximum Gasteiger partial charge on any atom is 0.312 e. The third-order valence-electron chi connectivity index (χ3n) is 1.83. The van der Waals surface area contributed by atoms with Gasteiger partial charge in [0.25, 0.3) is 0 Å². The van der Waals surface area contributed by atoms with Crippen LogP contribution in [0.3, 0.4) is 0 Å². The summed E-state index contributed by atoms with van der Waals surface area (Å²) in [6.45, 7) is 4.73. The molecule has 0 fully saturated rings. The Morgan fingerprint density at radius 1 is 1.57 bits per heavy atom. The summed E-state index contributed by atoms with van der Waals surface area (Å²) < 4.78 is 4.69. The van der Waals surface area contributed by atoms with Crippen LogP contribution >= 0.6 is 12.2 Å². The highest BCUT2D eigenvalue weighted by atomic mass is 32.1. The molecule has 0 heterocycles. The Morgan fingerprint density at radius 2 is 2.07 bits per heavy atom. The number of nitrogens with two attached hydrogens (primary N) is 1. The first-order valence-electron chi connectivity index (χ1n) is 4.35. The second-order valence-corrected chi connectivity index (χ2v) is 4.54. The molecule has 0 bridgehead atoms. The first-order chi connectivity index (χ1) is 6.29. The van der Waals surface area contributed by atoms with Gasteiger partial charge in [-0.15, -0.1) is 0 Å². The summed E-state index contributed by atoms with van der Waals surface area (Å²) in [4.78, 5) is 13.7. The molecule has 0 unspecified atom stereocenters. The van der Waals surface area contributed by atoms with E-state index in [-0.39, 0.29) is 5.97 Å². The number of carbonyl (C=O) groups is 1. The zero-order chi connectivity index (χ0) is 11.4. The molecule has 4 nitrogen and oxygen atoms in total. The summed E-state index contributed by atoms with van der Waals surface area (Å²) in [5.74, 6) is -0.229. The van der Waals surface area contributed by atoms with Crippen molar-refractivity contribution in [2.45, 2.75) is 13.8 Å². The number of thiocarbonyl (C=S) groups is 1. The molecule has 0 saturated carbocycles. The van der Waals surface area contributed by atoms with Crippen LogP contribution in [0.15, 0.2) is 0 Å². The molecule has 0 aliphatic carbocycles. The molecule has 0 rings (SSSR count). The lowest BCUT2D eigenvalue weighted by atomic mass is 9.93. The number of rotatable bonds is 5. The summed E-state index contributed by atoms with van der Waals surface area (Å²) in [5.41, 5.74) is 4.86. The smallest absolute Gasteiger partial charge is 0.312 e. The standard InChI is InChI=1S/C9H18N2O2S/c1-9(2,8(12)13-4)6-11(3)5-7(10)14/h5-6H2,1-4H3,(H2,10,14). The number of nitrogens with zero attached hydrogens (tertiary/aromatic N) is 1. The lowest BCUT2D eigenvalue weighted by Gasteiger charge is -2.27. The summed E-state index contributed by atoms with van der Waals surface area (Å²) in [5, 5.41) is 0. The van der Waals surface area contributed by atoms with Gasteiger partial charge in [-0.2, -0.15) is 0 Å². The number of ether oxygens (including phenoxy) is 1. The van der Waals surface area contributed by atoms with E-state index in [0.29, 0.717) is 18.1 Å². The molecule has 0 saturated heterocycles. The van der Waals surface area contributed by atoms with Crippen LogP contribution in [0.1, 0.15) is 13.8 Å². The van der Waals surface area contributed by atoms with Crippen LogP contribution in [0.4, 0.5) is 0 Å². The van der Waals surface area contributed by atoms with Gasteiger partial charge in [-0.25, -0.2) is 0 Å². The largest absolute Gasteiger partial charge is 0.469 e. The first kappa shape index (κ1) is 13.3. The summed E-state index contributed by atoms with van der Waals surface area (Å²) in [6, 6.07) is 0. The molecule has 14 heavy (non-hydrogen) atoms. The quantitative estimate of drug-likeness (QED) is 0.535. The van der Waals surface area contributed by atoms with E-state index < -0.39 is 5.41 Å². The Bertz CT molecular complexity index is 229. The van der Waals surface area contributed by atoms with Gasteiger partial charge < -0.3 is 10.5 Å². The zero-order valence-corrected chi connectivity index (χ0v) is 9.98. The number of likely N-dealkylation sites (N-methyl/N-ethyl adjacent to an activating group) is 1. The van der Waals surface area contributed by atoms with Crippen LogP contribution in [0, 0.1) is 5.41 Å². The summed E-state index contributed by atoms with van der Waals surface area (Å²) >= 11 is 4.77. The van der Waals surface area contributed by atoms with Crippen molar-refractivity contribution in [3.63, 3.8) is 0 Å². The van der Waals surface area contributed by atoms with Crippen molar-refractivity contribution < 1.29 is 9.53 Å². The van der Waals surface area contributed by atoms with E-state index in [0.717, 1.165) is 0 Å². The van der Waals surface area contributed by atoms with Crippen molar-refractivity contribution in [1.29, 1.82) is 0 Å². The van der Waals surface area contributed by atoms with Gasteiger partial charge in [0.05, 0.1) is 17.5 Å². The van der Waals surface area contributed by atoms with Crippen LogP contribution in [0.5, 0.6) is 0 Å². The van der Waals surface area contributed by atoms with E-state index in [9.17, 15) is 4.79 Å². The van der Waals surface area contributed by atoms with Gasteiger partial charge in [0.1, 0.15) is 0 Å². The maximum absolute atomic E-state index is 11.3. The normalized spacial score (nSPS) is 11.5. The third-order valence-corrected chi connectivity index (χ3v) is 1.96. The average Bonchev–Trinajstić information content (AvgIpc) is 1.99. The van der Waals surface area contributed by atoms with Crippen molar-refractivity contribution in [3.05, 3.63) is 0 Å². The lowest BCUT2D eigenvalue weighted by molar-refractivity contribution is -0.151. The molecule has 0 spiro atoms. The monoisotopic (exact) mass is 218 g/mol. The van der Waals surface area contributed by atoms with E-state index in [2.05, 4.69) is 0 Å². The highest BCUT2D eigenvalue weighted by Gasteiger charge is 2.29. The lowest BCUT2D eigenvalue weighted by Crippen LogP contribution is -2.41. The van der Waals surface area contributed by atoms with Gasteiger partial charge in [-0.3, -0.25) is 9.69 Å². The van der Waals surface area contributed by atoms with Gasteiger partial charge in [0.15, 0.2) is 0 Å². The van der Waals surface area contributed by atoms with Gasteiger partial charge in [0.2, 0.25) is 0 Å². The Kier molecular flexibility index (Phi) is 5.01. The Hall–Kier alpha value is -0.680. The molecule has 0 amide bonds. The van der Waals surface area contributed by atoms with E-state index in [1.165, 1.54) is 7.11 Å². The highest BCUT2D eigenvalue weighted by Crippen LogP contribution is 2.17. The van der Waals surface area contributed by atoms with Crippen molar-refractivity contribution in [3.8, 4) is 0 Å². The molecule has 0 aliphatic heterocycles. The first-order valence-corrected chi connectivity index (χ1v) is 4.75. The minimum atomic E-state index is -0.533. The number of carbonyl (C=O) groups excluding carboxylic acids is 1. The minimum absolute atomic E-state index is 0.229. The molecule has 2 N–H and O–H groups in total. The predicted octanol–water partition coefficient (Wildman–Crippen LogP) is 0.404. The summed E-state index contributed by atoms with van der Waals surface area (Å²) in [6.07, 6.45) is 0. The molecular formula is C9H18N2O2S. The van der Waals surface area contributed by atoms with E-state index >= 15 is 0 Å². The van der Waals surface area contributed by atoms with Crippen LogP contribution in [0.25, 0.3) is 0 Å². The van der Waals surface area contributed by atoms with Crippen molar-refractivity contribution in [2.24, 2.45) is 11.1 Å². The van der Waals surface area contributed by atoms with Gasteiger partial charge in [-0.1, -0.05) is 12.2 Å². The highest BCUT2D eigenvalue weighted by molar-refractivity contribution is 7.80. The van der Waals surface area contributed by atoms with Crippen molar-refractivity contribution >= 4 is 23.2 Å². The zero-order valence-electron chi connectivity index (χ0n) is 9.16. The fourth-order valence-corrected chi connectivity index (χ4v) is 1.56. The SMILES string of the molecule is COC(=O)C(C)(C)CN(C)CC(N)=S. The van der Waals surface area contributed by atoms with Crippen LogP contribution in [0.2, 0.25) is 0 Å². The molecule has 0 radical (unpaired) electrons. The minimum Gasteiger partial charge on any atom is -0.469 e. The molecule has 0 aromatic rings. The van der Waals surface area contributed by atoms with E-state index in [1.54, 1.807) is 0 Å². The van der Waals surface area contributed by atoms with Gasteiger partial charge in [0, 0.05) is 13.1 Å². The number of hydrogen-bond donors (Lipinski definition) is 1. The molecule has 0 atom stereocenters. The number of methoxy groups -OCH3 is 1. The van der Waals surface area contributed by atoms with Crippen LogP contribution in [-0.2, 0) is 9.53 Å².